The van der Waals surface area contributed by atoms with E-state index < -0.39 is 5.41 Å². The molecule has 2 aliphatic rings. The Balaban J connectivity index is 1.28. The lowest BCUT2D eigenvalue weighted by Crippen LogP contribution is -2.33. The molecule has 3 nitrogen and oxygen atoms in total. The molecule has 3 heteroatoms. The van der Waals surface area contributed by atoms with E-state index in [4.69, 9.17) is 9.97 Å². The Labute approximate surface area is 277 Å². The molecule has 222 valence electrons. The number of hydrogen-bond acceptors (Lipinski definition) is 2. The second-order valence-electron chi connectivity index (χ2n) is 12.9. The molecule has 1 aliphatic carbocycles. The van der Waals surface area contributed by atoms with Crippen LogP contribution in [0.5, 0.6) is 0 Å². The summed E-state index contributed by atoms with van der Waals surface area (Å²) in [7, 11) is 0. The number of fused-ring (bicyclic) bond motifs is 13. The van der Waals surface area contributed by atoms with E-state index in [2.05, 4.69) is 162 Å². The van der Waals surface area contributed by atoms with Gasteiger partial charge in [0.1, 0.15) is 0 Å². The molecule has 2 aromatic heterocycles. The zero-order valence-electron chi connectivity index (χ0n) is 25.9. The van der Waals surface area contributed by atoms with Gasteiger partial charge in [0.05, 0.1) is 33.3 Å². The highest BCUT2D eigenvalue weighted by atomic mass is 15.0. The van der Waals surface area contributed by atoms with Crippen molar-refractivity contribution in [3.63, 3.8) is 0 Å². The highest BCUT2D eigenvalue weighted by molar-refractivity contribution is 6.13. The lowest BCUT2D eigenvalue weighted by Gasteiger charge is -2.39. The maximum atomic E-state index is 5.27. The third-order valence-electron chi connectivity index (χ3n) is 10.6. The van der Waals surface area contributed by atoms with Crippen LogP contribution in [0.15, 0.2) is 164 Å². The Morgan fingerprint density at radius 3 is 1.90 bits per heavy atom. The van der Waals surface area contributed by atoms with Crippen LogP contribution in [0.2, 0.25) is 0 Å². The molecule has 0 atom stereocenters. The Kier molecular flexibility index (Phi) is 5.04. The van der Waals surface area contributed by atoms with Gasteiger partial charge in [-0.15, -0.1) is 0 Å². The van der Waals surface area contributed by atoms with Crippen LogP contribution in [0.25, 0.3) is 72.2 Å². The van der Waals surface area contributed by atoms with Crippen molar-refractivity contribution >= 4 is 32.7 Å². The number of hydrogen-bond donors (Lipinski definition) is 0. The van der Waals surface area contributed by atoms with E-state index in [-0.39, 0.29) is 0 Å². The quantitative estimate of drug-likeness (QED) is 0.195. The van der Waals surface area contributed by atoms with Crippen LogP contribution in [-0.4, -0.2) is 14.5 Å². The summed E-state index contributed by atoms with van der Waals surface area (Å²) in [5.74, 6) is 0.725. The zero-order chi connectivity index (χ0) is 31.4. The molecule has 0 saturated heterocycles. The summed E-state index contributed by atoms with van der Waals surface area (Å²) in [6, 6.07) is 59.3. The van der Waals surface area contributed by atoms with Crippen molar-refractivity contribution in [3.8, 4) is 39.5 Å². The van der Waals surface area contributed by atoms with Gasteiger partial charge in [0.15, 0.2) is 5.82 Å². The van der Waals surface area contributed by atoms with Gasteiger partial charge in [-0.1, -0.05) is 146 Å². The minimum atomic E-state index is -0.468. The highest BCUT2D eigenvalue weighted by Gasteiger charge is 2.50. The minimum absolute atomic E-state index is 0.468. The number of rotatable bonds is 2. The number of benzene rings is 7. The molecular weight excluding hydrogens is 583 g/mol. The Bertz CT molecular complexity index is 2740. The van der Waals surface area contributed by atoms with Gasteiger partial charge in [-0.3, -0.25) is 0 Å². The molecule has 0 unspecified atom stereocenters. The molecule has 3 heterocycles. The van der Waals surface area contributed by atoms with Crippen molar-refractivity contribution < 1.29 is 0 Å². The van der Waals surface area contributed by atoms with E-state index >= 15 is 0 Å². The molecule has 0 amide bonds. The summed E-state index contributed by atoms with van der Waals surface area (Å²) in [5.41, 5.74) is 15.0. The standard InChI is InChI=1S/C45H27N3/c1-2-13-28(14-3-1)42-34-18-6-10-23-39(34)46-44(47-42)29-25-26-37-41(27-29)48-40-24-11-7-17-32(40)33-19-12-22-38(43(33)48)45(37)35-20-8-4-15-30(35)31-16-5-9-21-36(31)45/h1-27H. The van der Waals surface area contributed by atoms with Crippen molar-refractivity contribution in [2.45, 2.75) is 5.41 Å². The molecule has 11 rings (SSSR count). The summed E-state index contributed by atoms with van der Waals surface area (Å²) >= 11 is 0. The fourth-order valence-electron chi connectivity index (χ4n) is 8.73. The predicted molar refractivity (Wildman–Crippen MR) is 196 cm³/mol. The predicted octanol–water partition coefficient (Wildman–Crippen LogP) is 10.7. The van der Waals surface area contributed by atoms with Gasteiger partial charge in [0.25, 0.3) is 0 Å². The summed E-state index contributed by atoms with van der Waals surface area (Å²) in [6.07, 6.45) is 0. The van der Waals surface area contributed by atoms with Crippen molar-refractivity contribution in [2.24, 2.45) is 0 Å². The van der Waals surface area contributed by atoms with E-state index in [0.717, 1.165) is 33.5 Å². The van der Waals surface area contributed by atoms with Crippen molar-refractivity contribution in [2.75, 3.05) is 0 Å². The summed E-state index contributed by atoms with van der Waals surface area (Å²) in [5, 5.41) is 3.58. The van der Waals surface area contributed by atoms with Crippen molar-refractivity contribution in [3.05, 3.63) is 186 Å². The van der Waals surface area contributed by atoms with Crippen LogP contribution < -0.4 is 0 Å². The molecule has 0 fully saturated rings. The molecular formula is C45H27N3. The third kappa shape index (κ3) is 3.18. The summed E-state index contributed by atoms with van der Waals surface area (Å²) in [6.45, 7) is 0. The summed E-state index contributed by atoms with van der Waals surface area (Å²) < 4.78 is 2.49. The van der Waals surface area contributed by atoms with Gasteiger partial charge in [-0.25, -0.2) is 9.97 Å². The average molecular weight is 610 g/mol. The number of para-hydroxylation sites is 3. The smallest absolute Gasteiger partial charge is 0.160 e. The second kappa shape index (κ2) is 9.37. The fraction of sp³-hybridized carbons (Fsp3) is 0.0222. The second-order valence-corrected chi connectivity index (χ2v) is 12.9. The molecule has 0 N–H and O–H groups in total. The van der Waals surface area contributed by atoms with Crippen LogP contribution in [0.1, 0.15) is 22.3 Å². The van der Waals surface area contributed by atoms with Gasteiger partial charge >= 0.3 is 0 Å². The number of aromatic nitrogens is 3. The minimum Gasteiger partial charge on any atom is -0.309 e. The number of nitrogens with zero attached hydrogens (tertiary/aromatic N) is 3. The first kappa shape index (κ1) is 25.8. The van der Waals surface area contributed by atoms with E-state index in [1.54, 1.807) is 0 Å². The monoisotopic (exact) mass is 609 g/mol. The van der Waals surface area contributed by atoms with Crippen LogP contribution in [0.3, 0.4) is 0 Å². The lowest BCUT2D eigenvalue weighted by atomic mass is 9.65. The van der Waals surface area contributed by atoms with Crippen LogP contribution in [-0.2, 0) is 5.41 Å². The molecule has 1 aliphatic heterocycles. The normalized spacial score (nSPS) is 13.6. The average Bonchev–Trinajstić information content (AvgIpc) is 3.65. The first-order valence-corrected chi connectivity index (χ1v) is 16.5. The molecule has 9 aromatic rings. The largest absolute Gasteiger partial charge is 0.309 e. The van der Waals surface area contributed by atoms with Gasteiger partial charge in [0.2, 0.25) is 0 Å². The van der Waals surface area contributed by atoms with Gasteiger partial charge < -0.3 is 4.57 Å². The highest BCUT2D eigenvalue weighted by Crippen LogP contribution is 2.61. The molecule has 0 radical (unpaired) electrons. The zero-order valence-corrected chi connectivity index (χ0v) is 25.9. The van der Waals surface area contributed by atoms with Crippen molar-refractivity contribution in [1.29, 1.82) is 0 Å². The van der Waals surface area contributed by atoms with E-state index in [1.165, 1.54) is 60.9 Å². The van der Waals surface area contributed by atoms with Gasteiger partial charge in [0, 0.05) is 27.3 Å². The Morgan fingerprint density at radius 1 is 0.438 bits per heavy atom. The van der Waals surface area contributed by atoms with Gasteiger partial charge in [-0.05, 0) is 51.6 Å². The molecule has 1 spiro atoms. The fourth-order valence-corrected chi connectivity index (χ4v) is 8.73. The summed E-state index contributed by atoms with van der Waals surface area (Å²) in [4.78, 5) is 10.4. The molecule has 0 saturated carbocycles. The van der Waals surface area contributed by atoms with E-state index in [1.807, 2.05) is 6.07 Å². The topological polar surface area (TPSA) is 30.7 Å². The van der Waals surface area contributed by atoms with E-state index in [0.29, 0.717) is 0 Å². The lowest BCUT2D eigenvalue weighted by molar-refractivity contribution is 0.748. The Hall–Kier alpha value is -6.32. The molecule has 0 bridgehead atoms. The first-order chi connectivity index (χ1) is 23.8. The van der Waals surface area contributed by atoms with Crippen LogP contribution in [0.4, 0.5) is 0 Å². The first-order valence-electron chi connectivity index (χ1n) is 16.5. The van der Waals surface area contributed by atoms with Crippen LogP contribution >= 0.6 is 0 Å². The molecule has 7 aromatic carbocycles. The van der Waals surface area contributed by atoms with Crippen LogP contribution in [0, 0.1) is 0 Å². The van der Waals surface area contributed by atoms with Crippen molar-refractivity contribution in [1.82, 2.24) is 14.5 Å². The van der Waals surface area contributed by atoms with Gasteiger partial charge in [-0.2, -0.15) is 0 Å². The maximum absolute atomic E-state index is 5.27. The third-order valence-corrected chi connectivity index (χ3v) is 10.6. The molecule has 48 heavy (non-hydrogen) atoms. The SMILES string of the molecule is c1ccc(-c2nc(-c3ccc4c(c3)-n3c5ccccc5c5cccc(c53)C43c4ccccc4-c4ccccc43)nc3ccccc23)cc1. The maximum Gasteiger partial charge on any atom is 0.160 e. The van der Waals surface area contributed by atoms with E-state index in [9.17, 15) is 0 Å². The Morgan fingerprint density at radius 2 is 1.08 bits per heavy atom.